The lowest BCUT2D eigenvalue weighted by molar-refractivity contribution is 0.0300. The maximum atomic E-state index is 12.9. The number of nitrogens with one attached hydrogen (secondary N) is 1. The van der Waals surface area contributed by atoms with E-state index < -0.39 is 10.0 Å². The average molecular weight is 433 g/mol. The molecule has 8 heteroatoms. The highest BCUT2D eigenvalue weighted by Gasteiger charge is 2.24. The zero-order valence-corrected chi connectivity index (χ0v) is 18.2. The minimum absolute atomic E-state index is 0.00923. The Morgan fingerprint density at radius 3 is 2.47 bits per heavy atom. The van der Waals surface area contributed by atoms with Gasteiger partial charge in [0.05, 0.1) is 30.8 Å². The smallest absolute Gasteiger partial charge is 0.261 e. The number of sulfonamides is 1. The summed E-state index contributed by atoms with van der Waals surface area (Å²) >= 11 is 0. The van der Waals surface area contributed by atoms with Gasteiger partial charge in [0.1, 0.15) is 5.75 Å². The number of rotatable bonds is 8. The third kappa shape index (κ3) is 5.31. The number of nitrogens with zero attached hydrogens (tertiary/aromatic N) is 1. The summed E-state index contributed by atoms with van der Waals surface area (Å²) in [7, 11) is -2.40. The maximum absolute atomic E-state index is 12.9. The fourth-order valence-corrected chi connectivity index (χ4v) is 4.38. The maximum Gasteiger partial charge on any atom is 0.261 e. The fraction of sp³-hybridized carbons (Fsp3) is 0.409. The molecule has 7 nitrogen and oxygen atoms in total. The van der Waals surface area contributed by atoms with Crippen LogP contribution in [0.15, 0.2) is 47.4 Å². The predicted octanol–water partition coefficient (Wildman–Crippen LogP) is 3.31. The van der Waals surface area contributed by atoms with Gasteiger partial charge in [0.25, 0.3) is 15.9 Å². The number of carbonyl (C=O) groups is 1. The second kappa shape index (κ2) is 9.95. The van der Waals surface area contributed by atoms with Gasteiger partial charge >= 0.3 is 0 Å². The standard InChI is InChI=1S/C22H28N2O5S/c1-3-4-5-17-6-8-18(9-7-17)23-30(26,27)19-10-11-21(28-2)20(16-19)22(25)24-12-14-29-15-13-24/h6-11,16,23H,3-5,12-15H2,1-2H3. The van der Waals surface area contributed by atoms with E-state index in [-0.39, 0.29) is 16.4 Å². The monoisotopic (exact) mass is 432 g/mol. The van der Waals surface area contributed by atoms with Crippen molar-refractivity contribution in [2.45, 2.75) is 31.1 Å². The Labute approximate surface area is 178 Å². The Bertz CT molecular complexity index is 968. The van der Waals surface area contributed by atoms with E-state index in [1.165, 1.54) is 30.9 Å². The number of hydrogen-bond acceptors (Lipinski definition) is 5. The molecule has 0 spiro atoms. The molecule has 3 rings (SSSR count). The van der Waals surface area contributed by atoms with Crippen LogP contribution >= 0.6 is 0 Å². The molecule has 0 unspecified atom stereocenters. The van der Waals surface area contributed by atoms with Crippen molar-refractivity contribution in [3.05, 3.63) is 53.6 Å². The van der Waals surface area contributed by atoms with Crippen LogP contribution in [0, 0.1) is 0 Å². The van der Waals surface area contributed by atoms with Crippen molar-refractivity contribution in [2.75, 3.05) is 38.1 Å². The summed E-state index contributed by atoms with van der Waals surface area (Å²) in [5.74, 6) is 0.0678. The van der Waals surface area contributed by atoms with E-state index in [1.807, 2.05) is 12.1 Å². The highest BCUT2D eigenvalue weighted by Crippen LogP contribution is 2.26. The number of carbonyl (C=O) groups excluding carboxylic acids is 1. The number of benzene rings is 2. The number of anilines is 1. The van der Waals surface area contributed by atoms with Gasteiger partial charge in [-0.3, -0.25) is 9.52 Å². The van der Waals surface area contributed by atoms with Gasteiger partial charge in [-0.15, -0.1) is 0 Å². The van der Waals surface area contributed by atoms with Crippen LogP contribution in [-0.2, 0) is 21.2 Å². The van der Waals surface area contributed by atoms with Crippen molar-refractivity contribution in [1.29, 1.82) is 0 Å². The molecule has 2 aromatic rings. The zero-order chi connectivity index (χ0) is 21.6. The first kappa shape index (κ1) is 22.1. The molecule has 1 aliphatic rings. The minimum Gasteiger partial charge on any atom is -0.496 e. The molecule has 162 valence electrons. The first-order valence-corrected chi connectivity index (χ1v) is 11.6. The van der Waals surface area contributed by atoms with E-state index in [0.29, 0.717) is 37.7 Å². The third-order valence-corrected chi connectivity index (χ3v) is 6.41. The van der Waals surface area contributed by atoms with Crippen molar-refractivity contribution in [3.8, 4) is 5.75 Å². The summed E-state index contributed by atoms with van der Waals surface area (Å²) in [4.78, 5) is 14.6. The lowest BCUT2D eigenvalue weighted by Crippen LogP contribution is -2.40. The van der Waals surface area contributed by atoms with E-state index in [4.69, 9.17) is 9.47 Å². The molecule has 0 atom stereocenters. The van der Waals surface area contributed by atoms with Crippen LogP contribution in [0.1, 0.15) is 35.7 Å². The third-order valence-electron chi connectivity index (χ3n) is 5.04. The number of ether oxygens (including phenoxy) is 2. The number of morpholine rings is 1. The molecule has 1 fully saturated rings. The van der Waals surface area contributed by atoms with Gasteiger partial charge in [-0.25, -0.2) is 8.42 Å². The molecule has 0 saturated carbocycles. The normalized spacial score (nSPS) is 14.4. The van der Waals surface area contributed by atoms with Gasteiger partial charge in [-0.2, -0.15) is 0 Å². The van der Waals surface area contributed by atoms with Gasteiger partial charge in [0.2, 0.25) is 0 Å². The largest absolute Gasteiger partial charge is 0.496 e. The highest BCUT2D eigenvalue weighted by molar-refractivity contribution is 7.92. The molecule has 0 aliphatic carbocycles. The molecule has 0 bridgehead atoms. The molecular weight excluding hydrogens is 404 g/mol. The summed E-state index contributed by atoms with van der Waals surface area (Å²) in [5, 5.41) is 0. The van der Waals surface area contributed by atoms with Crippen molar-refractivity contribution < 1.29 is 22.7 Å². The van der Waals surface area contributed by atoms with Gasteiger partial charge in [-0.1, -0.05) is 25.5 Å². The number of hydrogen-bond donors (Lipinski definition) is 1. The van der Waals surface area contributed by atoms with Crippen LogP contribution < -0.4 is 9.46 Å². The van der Waals surface area contributed by atoms with Crippen molar-refractivity contribution in [1.82, 2.24) is 4.90 Å². The Morgan fingerprint density at radius 2 is 1.83 bits per heavy atom. The highest BCUT2D eigenvalue weighted by atomic mass is 32.2. The number of methoxy groups -OCH3 is 1. The number of unbranched alkanes of at least 4 members (excludes halogenated alkanes) is 1. The predicted molar refractivity (Wildman–Crippen MR) is 116 cm³/mol. The summed E-state index contributed by atoms with van der Waals surface area (Å²) in [6.07, 6.45) is 3.17. The average Bonchev–Trinajstić information content (AvgIpc) is 2.78. The molecule has 0 radical (unpaired) electrons. The topological polar surface area (TPSA) is 84.9 Å². The van der Waals surface area contributed by atoms with E-state index in [1.54, 1.807) is 17.0 Å². The molecule has 30 heavy (non-hydrogen) atoms. The molecule has 1 N–H and O–H groups in total. The van der Waals surface area contributed by atoms with Crippen LogP contribution in [0.2, 0.25) is 0 Å². The van der Waals surface area contributed by atoms with Gasteiger partial charge < -0.3 is 14.4 Å². The van der Waals surface area contributed by atoms with Crippen LogP contribution in [0.4, 0.5) is 5.69 Å². The van der Waals surface area contributed by atoms with Crippen LogP contribution in [0.5, 0.6) is 5.75 Å². The molecular formula is C22H28N2O5S. The molecule has 2 aromatic carbocycles. The van der Waals surface area contributed by atoms with Crippen LogP contribution in [0.25, 0.3) is 0 Å². The van der Waals surface area contributed by atoms with Gasteiger partial charge in [0, 0.05) is 18.8 Å². The molecule has 1 amide bonds. The fourth-order valence-electron chi connectivity index (χ4n) is 3.29. The summed E-state index contributed by atoms with van der Waals surface area (Å²) in [6, 6.07) is 11.7. The molecule has 1 saturated heterocycles. The number of amides is 1. The summed E-state index contributed by atoms with van der Waals surface area (Å²) in [6.45, 7) is 3.97. The summed E-state index contributed by atoms with van der Waals surface area (Å²) < 4.78 is 39.0. The van der Waals surface area contributed by atoms with E-state index >= 15 is 0 Å². The molecule has 1 aliphatic heterocycles. The second-order valence-electron chi connectivity index (χ2n) is 7.17. The Hall–Kier alpha value is -2.58. The SMILES string of the molecule is CCCCc1ccc(NS(=O)(=O)c2ccc(OC)c(C(=O)N3CCOCC3)c2)cc1. The van der Waals surface area contributed by atoms with Crippen molar-refractivity contribution in [3.63, 3.8) is 0 Å². The molecule has 1 heterocycles. The van der Waals surface area contributed by atoms with Crippen molar-refractivity contribution in [2.24, 2.45) is 0 Å². The second-order valence-corrected chi connectivity index (χ2v) is 8.86. The quantitative estimate of drug-likeness (QED) is 0.692. The van der Waals surface area contributed by atoms with Gasteiger partial charge in [0.15, 0.2) is 0 Å². The molecule has 0 aromatic heterocycles. The van der Waals surface area contributed by atoms with Crippen LogP contribution in [-0.4, -0.2) is 52.6 Å². The van der Waals surface area contributed by atoms with E-state index in [0.717, 1.165) is 19.3 Å². The van der Waals surface area contributed by atoms with Crippen molar-refractivity contribution >= 4 is 21.6 Å². The van der Waals surface area contributed by atoms with Crippen LogP contribution in [0.3, 0.4) is 0 Å². The minimum atomic E-state index is -3.86. The summed E-state index contributed by atoms with van der Waals surface area (Å²) in [5.41, 5.74) is 1.87. The lowest BCUT2D eigenvalue weighted by atomic mass is 10.1. The van der Waals surface area contributed by atoms with Gasteiger partial charge in [-0.05, 0) is 48.7 Å². The first-order chi connectivity index (χ1) is 14.4. The Morgan fingerprint density at radius 1 is 1.13 bits per heavy atom. The Balaban J connectivity index is 1.82. The lowest BCUT2D eigenvalue weighted by Gasteiger charge is -2.27. The van der Waals surface area contributed by atoms with E-state index in [2.05, 4.69) is 11.6 Å². The van der Waals surface area contributed by atoms with E-state index in [9.17, 15) is 13.2 Å². The first-order valence-electron chi connectivity index (χ1n) is 10.1. The Kier molecular flexibility index (Phi) is 7.33. The number of aryl methyl sites for hydroxylation is 1. The zero-order valence-electron chi connectivity index (χ0n) is 17.4.